The highest BCUT2D eigenvalue weighted by molar-refractivity contribution is 4.67. The molecular weight excluding hydrogens is 182 g/mol. The van der Waals surface area contributed by atoms with Gasteiger partial charge in [0.15, 0.2) is 0 Å². The zero-order valence-electron chi connectivity index (χ0n) is 11.0. The number of hydrogen-bond donors (Lipinski definition) is 0. The van der Waals surface area contributed by atoms with Gasteiger partial charge >= 0.3 is 0 Å². The van der Waals surface area contributed by atoms with Crippen LogP contribution in [0.2, 0.25) is 0 Å². The van der Waals surface area contributed by atoms with E-state index in [1.54, 1.807) is 0 Å². The van der Waals surface area contributed by atoms with Crippen molar-refractivity contribution in [1.29, 1.82) is 0 Å². The highest BCUT2D eigenvalue weighted by atomic mass is 15.1. The van der Waals surface area contributed by atoms with Gasteiger partial charge in [0.05, 0.1) is 0 Å². The van der Waals surface area contributed by atoms with Gasteiger partial charge in [0.1, 0.15) is 0 Å². The molecule has 0 unspecified atom stereocenters. The van der Waals surface area contributed by atoms with Crippen LogP contribution in [0.5, 0.6) is 0 Å². The quantitative estimate of drug-likeness (QED) is 0.635. The van der Waals surface area contributed by atoms with Crippen LogP contribution in [0.3, 0.4) is 0 Å². The molecule has 2 aliphatic rings. The van der Waals surface area contributed by atoms with Crippen LogP contribution >= 0.6 is 0 Å². The fourth-order valence-corrected chi connectivity index (χ4v) is 2.68. The molecule has 0 aromatic rings. The predicted molar refractivity (Wildman–Crippen MR) is 68.1 cm³/mol. The van der Waals surface area contributed by atoms with E-state index in [-0.39, 0.29) is 0 Å². The summed E-state index contributed by atoms with van der Waals surface area (Å²) in [6.07, 6.45) is 10.3. The molecule has 0 aromatic heterocycles. The van der Waals surface area contributed by atoms with Crippen molar-refractivity contribution in [1.82, 2.24) is 4.90 Å². The summed E-state index contributed by atoms with van der Waals surface area (Å²) in [7, 11) is 2.17. The first-order chi connectivity index (χ1) is 7.20. The van der Waals surface area contributed by atoms with Gasteiger partial charge in [0.2, 0.25) is 0 Å². The van der Waals surface area contributed by atoms with Crippen LogP contribution in [-0.2, 0) is 0 Å². The number of likely N-dealkylation sites (tertiary alicyclic amines) is 1. The molecule has 1 heteroatoms. The maximum absolute atomic E-state index is 2.36. The highest BCUT2D eigenvalue weighted by Crippen LogP contribution is 2.29. The summed E-state index contributed by atoms with van der Waals surface area (Å²) in [6.45, 7) is 7.35. The molecule has 0 amide bonds. The molecule has 0 aromatic carbocycles. The molecule has 90 valence electrons. The van der Waals surface area contributed by atoms with E-state index >= 15 is 0 Å². The third-order valence-corrected chi connectivity index (χ3v) is 3.92. The Kier molecular flexibility index (Phi) is 6.31. The summed E-state index contributed by atoms with van der Waals surface area (Å²) >= 11 is 0. The molecule has 1 heterocycles. The fraction of sp³-hybridized carbons (Fsp3) is 1.00. The molecule has 0 atom stereocenters. The Hall–Kier alpha value is -0.0400. The van der Waals surface area contributed by atoms with Gasteiger partial charge in [-0.3, -0.25) is 0 Å². The molecule has 1 aliphatic carbocycles. The Morgan fingerprint density at radius 3 is 1.67 bits per heavy atom. The van der Waals surface area contributed by atoms with Crippen molar-refractivity contribution in [3.8, 4) is 0 Å². The minimum Gasteiger partial charge on any atom is -0.306 e. The molecule has 0 bridgehead atoms. The van der Waals surface area contributed by atoms with E-state index in [0.717, 1.165) is 11.8 Å². The SMILES string of the molecule is CC(C)C1CCCCC1.CN1CCCC1. The van der Waals surface area contributed by atoms with Crippen molar-refractivity contribution in [3.63, 3.8) is 0 Å². The average Bonchev–Trinajstić information content (AvgIpc) is 2.71. The molecule has 0 radical (unpaired) electrons. The van der Waals surface area contributed by atoms with E-state index < -0.39 is 0 Å². The minimum absolute atomic E-state index is 0.935. The third kappa shape index (κ3) is 5.55. The first-order valence-electron chi connectivity index (χ1n) is 6.88. The lowest BCUT2D eigenvalue weighted by Gasteiger charge is -2.24. The normalized spacial score (nSPS) is 24.0. The second kappa shape index (κ2) is 7.27. The van der Waals surface area contributed by atoms with E-state index in [9.17, 15) is 0 Å². The van der Waals surface area contributed by atoms with Gasteiger partial charge in [-0.05, 0) is 44.8 Å². The Bertz CT molecular complexity index is 141. The van der Waals surface area contributed by atoms with E-state index in [4.69, 9.17) is 0 Å². The van der Waals surface area contributed by atoms with E-state index in [0.29, 0.717) is 0 Å². The Morgan fingerprint density at radius 2 is 1.40 bits per heavy atom. The second-order valence-electron chi connectivity index (χ2n) is 5.65. The molecule has 1 nitrogen and oxygen atoms in total. The van der Waals surface area contributed by atoms with Gasteiger partial charge < -0.3 is 4.90 Å². The van der Waals surface area contributed by atoms with Crippen molar-refractivity contribution in [2.24, 2.45) is 11.8 Å². The Labute approximate surface area is 96.2 Å². The van der Waals surface area contributed by atoms with Crippen molar-refractivity contribution >= 4 is 0 Å². The van der Waals surface area contributed by atoms with Gasteiger partial charge in [-0.1, -0.05) is 46.0 Å². The fourth-order valence-electron chi connectivity index (χ4n) is 2.68. The van der Waals surface area contributed by atoms with Gasteiger partial charge in [-0.25, -0.2) is 0 Å². The average molecular weight is 211 g/mol. The summed E-state index contributed by atoms with van der Waals surface area (Å²) in [4.78, 5) is 2.36. The Balaban J connectivity index is 0.000000162. The van der Waals surface area contributed by atoms with Crippen LogP contribution in [-0.4, -0.2) is 25.0 Å². The number of rotatable bonds is 1. The monoisotopic (exact) mass is 211 g/mol. The van der Waals surface area contributed by atoms with Crippen molar-refractivity contribution in [2.45, 2.75) is 58.8 Å². The van der Waals surface area contributed by atoms with Crippen LogP contribution < -0.4 is 0 Å². The minimum atomic E-state index is 0.935. The number of hydrogen-bond acceptors (Lipinski definition) is 1. The third-order valence-electron chi connectivity index (χ3n) is 3.92. The maximum atomic E-state index is 2.36. The number of nitrogens with zero attached hydrogens (tertiary/aromatic N) is 1. The second-order valence-corrected chi connectivity index (χ2v) is 5.65. The predicted octanol–water partition coefficient (Wildman–Crippen LogP) is 3.93. The summed E-state index contributed by atoms with van der Waals surface area (Å²) in [5.74, 6) is 1.99. The van der Waals surface area contributed by atoms with Gasteiger partial charge in [0, 0.05) is 0 Å². The van der Waals surface area contributed by atoms with Crippen LogP contribution in [0, 0.1) is 11.8 Å². The molecule has 1 saturated heterocycles. The summed E-state index contributed by atoms with van der Waals surface area (Å²) in [5, 5.41) is 0. The van der Waals surface area contributed by atoms with Crippen LogP contribution in [0.25, 0.3) is 0 Å². The summed E-state index contributed by atoms with van der Waals surface area (Å²) in [6, 6.07) is 0. The maximum Gasteiger partial charge on any atom is -0.00213 e. The topological polar surface area (TPSA) is 3.24 Å². The van der Waals surface area contributed by atoms with Gasteiger partial charge in [-0.2, -0.15) is 0 Å². The first-order valence-corrected chi connectivity index (χ1v) is 6.88. The molecular formula is C14H29N. The summed E-state index contributed by atoms with van der Waals surface area (Å²) < 4.78 is 0. The van der Waals surface area contributed by atoms with Crippen LogP contribution in [0.15, 0.2) is 0 Å². The first kappa shape index (κ1) is 13.0. The van der Waals surface area contributed by atoms with Crippen molar-refractivity contribution in [3.05, 3.63) is 0 Å². The van der Waals surface area contributed by atoms with E-state index in [1.165, 1.54) is 58.0 Å². The van der Waals surface area contributed by atoms with Crippen LogP contribution in [0.1, 0.15) is 58.8 Å². The molecule has 2 fully saturated rings. The van der Waals surface area contributed by atoms with Gasteiger partial charge in [0.25, 0.3) is 0 Å². The summed E-state index contributed by atoms with van der Waals surface area (Å²) in [5.41, 5.74) is 0. The molecule has 0 spiro atoms. The zero-order valence-corrected chi connectivity index (χ0v) is 11.0. The molecule has 1 saturated carbocycles. The van der Waals surface area contributed by atoms with E-state index in [2.05, 4.69) is 25.8 Å². The molecule has 0 N–H and O–H groups in total. The van der Waals surface area contributed by atoms with Crippen molar-refractivity contribution in [2.75, 3.05) is 20.1 Å². The lowest BCUT2D eigenvalue weighted by Crippen LogP contribution is -2.12. The lowest BCUT2D eigenvalue weighted by molar-refractivity contribution is 0.279. The van der Waals surface area contributed by atoms with Crippen LogP contribution in [0.4, 0.5) is 0 Å². The van der Waals surface area contributed by atoms with Crippen molar-refractivity contribution < 1.29 is 0 Å². The Morgan fingerprint density at radius 1 is 0.867 bits per heavy atom. The zero-order chi connectivity index (χ0) is 11.1. The molecule has 1 aliphatic heterocycles. The molecule has 2 rings (SSSR count). The molecule has 15 heavy (non-hydrogen) atoms. The van der Waals surface area contributed by atoms with E-state index in [1.807, 2.05) is 0 Å². The lowest BCUT2D eigenvalue weighted by atomic mass is 9.82. The standard InChI is InChI=1S/C9H18.C5H11N/c1-8(2)9-6-4-3-5-7-9;1-6-4-2-3-5-6/h8-9H,3-7H2,1-2H3;2-5H2,1H3. The smallest absolute Gasteiger partial charge is 0.00213 e. The van der Waals surface area contributed by atoms with Gasteiger partial charge in [-0.15, -0.1) is 0 Å². The highest BCUT2D eigenvalue weighted by Gasteiger charge is 2.15. The largest absolute Gasteiger partial charge is 0.306 e.